The van der Waals surface area contributed by atoms with Crippen molar-refractivity contribution in [1.29, 1.82) is 0 Å². The average molecular weight is 431 g/mol. The second-order valence-corrected chi connectivity index (χ2v) is 7.36. The third-order valence-corrected chi connectivity index (χ3v) is 5.04. The van der Waals surface area contributed by atoms with Crippen LogP contribution >= 0.6 is 0 Å². The first-order valence-corrected chi connectivity index (χ1v) is 10.5. The highest BCUT2D eigenvalue weighted by molar-refractivity contribution is 5.96. The molecule has 2 N–H and O–H groups in total. The molecule has 1 amide bonds. The van der Waals surface area contributed by atoms with E-state index >= 15 is 0 Å². The fourth-order valence-electron chi connectivity index (χ4n) is 3.47. The Balaban J connectivity index is 1.27. The number of hydrogen-bond acceptors (Lipinski definition) is 4. The van der Waals surface area contributed by atoms with E-state index < -0.39 is 0 Å². The lowest BCUT2D eigenvalue weighted by Crippen LogP contribution is -2.14. The number of benzene rings is 3. The van der Waals surface area contributed by atoms with Crippen LogP contribution in [0.2, 0.25) is 0 Å². The van der Waals surface area contributed by atoms with Crippen LogP contribution in [-0.2, 0) is 22.6 Å². The Hall–Kier alpha value is -3.77. The molecule has 0 atom stereocenters. The molecule has 0 aliphatic rings. The summed E-state index contributed by atoms with van der Waals surface area (Å²) >= 11 is 0. The number of carbonyl (C=O) groups excluding carboxylic acids is 1. The molecule has 1 aromatic heterocycles. The van der Waals surface area contributed by atoms with Crippen LogP contribution in [0.1, 0.15) is 11.1 Å². The number of para-hydroxylation sites is 1. The highest BCUT2D eigenvalue weighted by Crippen LogP contribution is 2.24. The van der Waals surface area contributed by atoms with Gasteiger partial charge in [-0.1, -0.05) is 30.3 Å². The fourth-order valence-corrected chi connectivity index (χ4v) is 3.47. The van der Waals surface area contributed by atoms with Gasteiger partial charge in [0.25, 0.3) is 0 Å². The predicted octanol–water partition coefficient (Wildman–Crippen LogP) is 4.95. The van der Waals surface area contributed by atoms with Crippen molar-refractivity contribution in [2.45, 2.75) is 13.0 Å². The highest BCUT2D eigenvalue weighted by atomic mass is 16.5. The SMILES string of the molecule is COc1ccc2[nH]cc(CC(=O)Nc3cccc(COCCOc4ccccc4)c3)c2c1. The number of hydrogen-bond donors (Lipinski definition) is 2. The Morgan fingerprint density at radius 3 is 2.66 bits per heavy atom. The molecule has 0 saturated carbocycles. The van der Waals surface area contributed by atoms with Crippen LogP contribution in [0, 0.1) is 0 Å². The third-order valence-electron chi connectivity index (χ3n) is 5.04. The van der Waals surface area contributed by atoms with E-state index in [0.717, 1.165) is 39.2 Å². The van der Waals surface area contributed by atoms with Crippen LogP contribution in [0.5, 0.6) is 11.5 Å². The number of H-pyrrole nitrogens is 1. The number of amides is 1. The Morgan fingerprint density at radius 1 is 0.938 bits per heavy atom. The summed E-state index contributed by atoms with van der Waals surface area (Å²) in [6.07, 6.45) is 2.14. The summed E-state index contributed by atoms with van der Waals surface area (Å²) in [5.74, 6) is 1.51. The molecule has 3 aromatic carbocycles. The van der Waals surface area contributed by atoms with Crippen molar-refractivity contribution in [3.05, 3.63) is 90.1 Å². The number of anilines is 1. The molecule has 0 saturated heterocycles. The van der Waals surface area contributed by atoms with Crippen LogP contribution < -0.4 is 14.8 Å². The van der Waals surface area contributed by atoms with Crippen LogP contribution in [0.15, 0.2) is 79.0 Å². The molecule has 0 fully saturated rings. The lowest BCUT2D eigenvalue weighted by molar-refractivity contribution is -0.115. The second kappa shape index (κ2) is 10.5. The third kappa shape index (κ3) is 5.68. The van der Waals surface area contributed by atoms with E-state index in [1.165, 1.54) is 0 Å². The number of carbonyl (C=O) groups is 1. The van der Waals surface area contributed by atoms with Crippen LogP contribution in [0.3, 0.4) is 0 Å². The van der Waals surface area contributed by atoms with E-state index in [1.807, 2.05) is 79.0 Å². The fraction of sp³-hybridized carbons (Fsp3) is 0.192. The van der Waals surface area contributed by atoms with E-state index in [4.69, 9.17) is 14.2 Å². The van der Waals surface area contributed by atoms with Gasteiger partial charge in [0.2, 0.25) is 5.91 Å². The lowest BCUT2D eigenvalue weighted by Gasteiger charge is -2.09. The molecular weight excluding hydrogens is 404 g/mol. The number of aromatic amines is 1. The van der Waals surface area contributed by atoms with Crippen LogP contribution in [0.25, 0.3) is 10.9 Å². The molecule has 32 heavy (non-hydrogen) atoms. The van der Waals surface area contributed by atoms with E-state index in [9.17, 15) is 4.79 Å². The maximum absolute atomic E-state index is 12.6. The summed E-state index contributed by atoms with van der Waals surface area (Å²) in [7, 11) is 1.63. The van der Waals surface area contributed by atoms with E-state index in [1.54, 1.807) is 7.11 Å². The quantitative estimate of drug-likeness (QED) is 0.349. The molecular formula is C26H26N2O4. The topological polar surface area (TPSA) is 72.6 Å². The van der Waals surface area contributed by atoms with Crippen molar-refractivity contribution in [1.82, 2.24) is 4.98 Å². The van der Waals surface area contributed by atoms with Gasteiger partial charge in [0, 0.05) is 22.8 Å². The Morgan fingerprint density at radius 2 is 1.81 bits per heavy atom. The predicted molar refractivity (Wildman–Crippen MR) is 125 cm³/mol. The number of nitrogens with one attached hydrogen (secondary N) is 2. The minimum Gasteiger partial charge on any atom is -0.497 e. The van der Waals surface area contributed by atoms with Crippen molar-refractivity contribution in [3.63, 3.8) is 0 Å². The van der Waals surface area contributed by atoms with Crippen LogP contribution in [-0.4, -0.2) is 31.2 Å². The van der Waals surface area contributed by atoms with Crippen molar-refractivity contribution in [2.75, 3.05) is 25.6 Å². The Bertz CT molecular complexity index is 1170. The minimum absolute atomic E-state index is 0.0805. The summed E-state index contributed by atoms with van der Waals surface area (Å²) < 4.78 is 16.6. The van der Waals surface area contributed by atoms with Crippen LogP contribution in [0.4, 0.5) is 5.69 Å². The molecule has 0 bridgehead atoms. The summed E-state index contributed by atoms with van der Waals surface area (Å²) in [6, 6.07) is 23.1. The molecule has 6 heteroatoms. The first-order valence-electron chi connectivity index (χ1n) is 10.5. The number of aromatic nitrogens is 1. The molecule has 6 nitrogen and oxygen atoms in total. The van der Waals surface area contributed by atoms with Gasteiger partial charge in [0.05, 0.1) is 26.7 Å². The number of rotatable bonds is 10. The van der Waals surface area contributed by atoms with Gasteiger partial charge in [-0.15, -0.1) is 0 Å². The van der Waals surface area contributed by atoms with Gasteiger partial charge in [0.15, 0.2) is 0 Å². The van der Waals surface area contributed by atoms with E-state index in [-0.39, 0.29) is 12.3 Å². The van der Waals surface area contributed by atoms with Gasteiger partial charge in [-0.05, 0) is 53.6 Å². The first kappa shape index (κ1) is 21.5. The summed E-state index contributed by atoms with van der Waals surface area (Å²) in [5.41, 5.74) is 3.63. The molecule has 1 heterocycles. The van der Waals surface area contributed by atoms with Crippen molar-refractivity contribution in [3.8, 4) is 11.5 Å². The lowest BCUT2D eigenvalue weighted by atomic mass is 10.1. The summed E-state index contributed by atoms with van der Waals surface area (Å²) in [5, 5.41) is 3.96. The zero-order valence-corrected chi connectivity index (χ0v) is 18.0. The molecule has 164 valence electrons. The standard InChI is InChI=1S/C26H26N2O4/c1-30-23-10-11-25-24(16-23)20(17-27-25)15-26(29)28-21-7-5-6-19(14-21)18-31-12-13-32-22-8-3-2-4-9-22/h2-11,14,16-17,27H,12-13,15,18H2,1H3,(H,28,29). The van der Waals surface area contributed by atoms with Gasteiger partial charge in [-0.3, -0.25) is 4.79 Å². The average Bonchev–Trinajstić information content (AvgIpc) is 3.21. The van der Waals surface area contributed by atoms with Gasteiger partial charge in [-0.25, -0.2) is 0 Å². The maximum atomic E-state index is 12.6. The van der Waals surface area contributed by atoms with Crippen molar-refractivity contribution < 1.29 is 19.0 Å². The van der Waals surface area contributed by atoms with Gasteiger partial charge < -0.3 is 24.5 Å². The highest BCUT2D eigenvalue weighted by Gasteiger charge is 2.10. The Labute approximate surface area is 187 Å². The molecule has 4 rings (SSSR count). The van der Waals surface area contributed by atoms with E-state index in [0.29, 0.717) is 19.8 Å². The van der Waals surface area contributed by atoms with E-state index in [2.05, 4.69) is 10.3 Å². The normalized spacial score (nSPS) is 10.8. The first-order chi connectivity index (χ1) is 15.7. The molecule has 0 aliphatic carbocycles. The molecule has 0 unspecified atom stereocenters. The molecule has 0 spiro atoms. The summed E-state index contributed by atoms with van der Waals surface area (Å²) in [6.45, 7) is 1.41. The van der Waals surface area contributed by atoms with Crippen molar-refractivity contribution in [2.24, 2.45) is 0 Å². The number of ether oxygens (including phenoxy) is 3. The number of fused-ring (bicyclic) bond motifs is 1. The monoisotopic (exact) mass is 430 g/mol. The number of methoxy groups -OCH3 is 1. The Kier molecular flexibility index (Phi) is 7.05. The largest absolute Gasteiger partial charge is 0.497 e. The maximum Gasteiger partial charge on any atom is 0.228 e. The van der Waals surface area contributed by atoms with Gasteiger partial charge in [-0.2, -0.15) is 0 Å². The van der Waals surface area contributed by atoms with Gasteiger partial charge >= 0.3 is 0 Å². The zero-order chi connectivity index (χ0) is 22.2. The molecule has 0 radical (unpaired) electrons. The molecule has 4 aromatic rings. The second-order valence-electron chi connectivity index (χ2n) is 7.36. The molecule has 0 aliphatic heterocycles. The zero-order valence-electron chi connectivity index (χ0n) is 18.0. The summed E-state index contributed by atoms with van der Waals surface area (Å²) in [4.78, 5) is 15.8. The minimum atomic E-state index is -0.0805. The van der Waals surface area contributed by atoms with Crippen molar-refractivity contribution >= 4 is 22.5 Å². The smallest absolute Gasteiger partial charge is 0.228 e. The van der Waals surface area contributed by atoms with Gasteiger partial charge in [0.1, 0.15) is 18.1 Å².